The second kappa shape index (κ2) is 5.23. The van der Waals surface area contributed by atoms with Crippen LogP contribution in [0.1, 0.15) is 17.2 Å². The van der Waals surface area contributed by atoms with Crippen molar-refractivity contribution < 1.29 is 10.2 Å². The molecule has 0 radical (unpaired) electrons. The van der Waals surface area contributed by atoms with Gasteiger partial charge in [0, 0.05) is 30.4 Å². The lowest BCUT2D eigenvalue weighted by molar-refractivity contribution is 0.226. The molecule has 86 valence electrons. The van der Waals surface area contributed by atoms with E-state index in [-0.39, 0.29) is 5.76 Å². The molecule has 0 aromatic carbocycles. The van der Waals surface area contributed by atoms with Crippen LogP contribution in [0.2, 0.25) is 0 Å². The van der Waals surface area contributed by atoms with Crippen molar-refractivity contribution in [1.82, 2.24) is 9.97 Å². The van der Waals surface area contributed by atoms with Gasteiger partial charge in [-0.3, -0.25) is 9.97 Å². The summed E-state index contributed by atoms with van der Waals surface area (Å²) < 4.78 is 0. The van der Waals surface area contributed by atoms with Crippen LogP contribution in [0.5, 0.6) is 0 Å². The maximum Gasteiger partial charge on any atom is 0.121 e. The lowest BCUT2D eigenvalue weighted by atomic mass is 10.1. The molecular formula is C13H12N2O2. The van der Waals surface area contributed by atoms with Gasteiger partial charge in [0.25, 0.3) is 0 Å². The minimum Gasteiger partial charge on any atom is -0.508 e. The van der Waals surface area contributed by atoms with E-state index >= 15 is 0 Å². The van der Waals surface area contributed by atoms with Crippen LogP contribution in [-0.4, -0.2) is 20.2 Å². The molecule has 4 nitrogen and oxygen atoms in total. The van der Waals surface area contributed by atoms with E-state index in [0.717, 1.165) is 0 Å². The van der Waals surface area contributed by atoms with E-state index in [1.165, 1.54) is 6.08 Å². The van der Waals surface area contributed by atoms with Crippen molar-refractivity contribution in [3.63, 3.8) is 0 Å². The Balaban J connectivity index is 2.20. The Hall–Kier alpha value is -2.20. The second-order valence-corrected chi connectivity index (χ2v) is 3.51. The summed E-state index contributed by atoms with van der Waals surface area (Å²) in [4.78, 5) is 7.72. The smallest absolute Gasteiger partial charge is 0.121 e. The Labute approximate surface area is 98.9 Å². The molecule has 17 heavy (non-hydrogen) atoms. The van der Waals surface area contributed by atoms with Crippen LogP contribution in [0.3, 0.4) is 0 Å². The van der Waals surface area contributed by atoms with Gasteiger partial charge in [0.15, 0.2) is 0 Å². The molecule has 0 aliphatic heterocycles. The topological polar surface area (TPSA) is 66.2 Å². The lowest BCUT2D eigenvalue weighted by Gasteiger charge is -2.07. The third-order valence-corrected chi connectivity index (χ3v) is 2.34. The van der Waals surface area contributed by atoms with Crippen molar-refractivity contribution in [2.24, 2.45) is 0 Å². The molecule has 1 atom stereocenters. The van der Waals surface area contributed by atoms with Gasteiger partial charge >= 0.3 is 0 Å². The Morgan fingerprint density at radius 1 is 1.00 bits per heavy atom. The monoisotopic (exact) mass is 228 g/mol. The van der Waals surface area contributed by atoms with Crippen LogP contribution in [-0.2, 0) is 0 Å². The van der Waals surface area contributed by atoms with Gasteiger partial charge in [-0.15, -0.1) is 0 Å². The lowest BCUT2D eigenvalue weighted by Crippen LogP contribution is -1.95. The Bertz CT molecular complexity index is 497. The molecule has 0 bridgehead atoms. The fraction of sp³-hybridized carbons (Fsp3) is 0.0769. The molecule has 0 aliphatic rings. The molecular weight excluding hydrogens is 216 g/mol. The number of aromatic nitrogens is 2. The van der Waals surface area contributed by atoms with E-state index in [4.69, 9.17) is 0 Å². The average molecular weight is 228 g/mol. The fourth-order valence-corrected chi connectivity index (χ4v) is 1.43. The molecule has 1 unspecified atom stereocenters. The number of aliphatic hydroxyl groups is 2. The third kappa shape index (κ3) is 2.89. The summed E-state index contributed by atoms with van der Waals surface area (Å²) in [5.74, 6) is 0.0247. The van der Waals surface area contributed by atoms with Gasteiger partial charge in [0.1, 0.15) is 11.9 Å². The maximum atomic E-state index is 9.87. The molecule has 2 aromatic rings. The van der Waals surface area contributed by atoms with E-state index in [2.05, 4.69) is 9.97 Å². The van der Waals surface area contributed by atoms with E-state index in [0.29, 0.717) is 11.1 Å². The molecule has 0 saturated heterocycles. The van der Waals surface area contributed by atoms with E-state index in [1.807, 2.05) is 0 Å². The van der Waals surface area contributed by atoms with Crippen molar-refractivity contribution in [1.29, 1.82) is 0 Å². The van der Waals surface area contributed by atoms with Crippen molar-refractivity contribution in [2.75, 3.05) is 0 Å². The normalized spacial score (nSPS) is 13.4. The van der Waals surface area contributed by atoms with Gasteiger partial charge in [0.2, 0.25) is 0 Å². The highest BCUT2D eigenvalue weighted by Gasteiger charge is 2.06. The van der Waals surface area contributed by atoms with E-state index < -0.39 is 6.10 Å². The average Bonchev–Trinajstić information content (AvgIpc) is 2.40. The van der Waals surface area contributed by atoms with Gasteiger partial charge in [0.05, 0.1) is 0 Å². The zero-order valence-corrected chi connectivity index (χ0v) is 9.06. The molecule has 0 spiro atoms. The minimum absolute atomic E-state index is 0.0247. The Morgan fingerprint density at radius 3 is 2.12 bits per heavy atom. The maximum absolute atomic E-state index is 9.87. The highest BCUT2D eigenvalue weighted by atomic mass is 16.3. The summed E-state index contributed by atoms with van der Waals surface area (Å²) in [5, 5.41) is 19.7. The number of aliphatic hydroxyl groups excluding tert-OH is 2. The van der Waals surface area contributed by atoms with Crippen LogP contribution in [0.4, 0.5) is 0 Å². The molecule has 2 heterocycles. The summed E-state index contributed by atoms with van der Waals surface area (Å²) in [5.41, 5.74) is 1.30. The number of hydrogen-bond acceptors (Lipinski definition) is 4. The first-order chi connectivity index (χ1) is 8.27. The van der Waals surface area contributed by atoms with E-state index in [9.17, 15) is 10.2 Å². The van der Waals surface area contributed by atoms with Crippen molar-refractivity contribution in [3.05, 3.63) is 66.3 Å². The second-order valence-electron chi connectivity index (χ2n) is 3.51. The van der Waals surface area contributed by atoms with Gasteiger partial charge in [-0.2, -0.15) is 0 Å². The van der Waals surface area contributed by atoms with Gasteiger partial charge in [-0.1, -0.05) is 0 Å². The fourth-order valence-electron chi connectivity index (χ4n) is 1.43. The number of hydrogen-bond donors (Lipinski definition) is 2. The quantitative estimate of drug-likeness (QED) is 0.789. The molecule has 2 N–H and O–H groups in total. The van der Waals surface area contributed by atoms with Crippen LogP contribution in [0.15, 0.2) is 55.1 Å². The van der Waals surface area contributed by atoms with Crippen molar-refractivity contribution >= 4 is 5.76 Å². The first-order valence-corrected chi connectivity index (χ1v) is 5.16. The largest absolute Gasteiger partial charge is 0.508 e. The summed E-state index contributed by atoms with van der Waals surface area (Å²) in [6, 6.07) is 6.73. The van der Waals surface area contributed by atoms with Crippen LogP contribution in [0, 0.1) is 0 Å². The number of pyridine rings is 2. The zero-order chi connectivity index (χ0) is 12.1. The Morgan fingerprint density at radius 2 is 1.53 bits per heavy atom. The number of rotatable bonds is 3. The van der Waals surface area contributed by atoms with E-state index in [1.54, 1.807) is 49.1 Å². The predicted molar refractivity (Wildman–Crippen MR) is 64.0 cm³/mol. The molecule has 0 amide bonds. The van der Waals surface area contributed by atoms with Gasteiger partial charge in [-0.05, 0) is 35.9 Å². The van der Waals surface area contributed by atoms with Crippen LogP contribution in [0.25, 0.3) is 5.76 Å². The van der Waals surface area contributed by atoms with Crippen molar-refractivity contribution in [3.8, 4) is 0 Å². The molecule has 2 rings (SSSR count). The standard InChI is InChI=1S/C13H12N2O2/c16-12(10-1-5-14-6-2-10)9-13(17)11-3-7-15-8-4-11/h1-9,12,16-17H. The zero-order valence-electron chi connectivity index (χ0n) is 9.06. The molecule has 0 saturated carbocycles. The summed E-state index contributed by atoms with van der Waals surface area (Å²) in [6.07, 6.45) is 6.87. The molecule has 0 aliphatic carbocycles. The highest BCUT2D eigenvalue weighted by Crippen LogP contribution is 2.18. The first-order valence-electron chi connectivity index (χ1n) is 5.16. The SMILES string of the molecule is OC(=CC(O)c1ccncc1)c1ccncc1. The van der Waals surface area contributed by atoms with Crippen LogP contribution < -0.4 is 0 Å². The number of nitrogens with zero attached hydrogens (tertiary/aromatic N) is 2. The molecule has 2 aromatic heterocycles. The summed E-state index contributed by atoms with van der Waals surface area (Å²) in [7, 11) is 0. The summed E-state index contributed by atoms with van der Waals surface area (Å²) >= 11 is 0. The summed E-state index contributed by atoms with van der Waals surface area (Å²) in [6.45, 7) is 0. The van der Waals surface area contributed by atoms with Crippen molar-refractivity contribution in [2.45, 2.75) is 6.10 Å². The third-order valence-electron chi connectivity index (χ3n) is 2.34. The first kappa shape index (κ1) is 11.3. The highest BCUT2D eigenvalue weighted by molar-refractivity contribution is 5.58. The van der Waals surface area contributed by atoms with Gasteiger partial charge in [-0.25, -0.2) is 0 Å². The molecule has 4 heteroatoms. The predicted octanol–water partition coefficient (Wildman–Crippen LogP) is 2.11. The minimum atomic E-state index is -0.855. The van der Waals surface area contributed by atoms with Gasteiger partial charge < -0.3 is 10.2 Å². The Kier molecular flexibility index (Phi) is 3.47. The molecule has 0 fully saturated rings. The van der Waals surface area contributed by atoms with Crippen LogP contribution >= 0.6 is 0 Å².